The number of halogens is 1. The van der Waals surface area contributed by atoms with Crippen molar-refractivity contribution >= 4 is 16.8 Å². The van der Waals surface area contributed by atoms with Gasteiger partial charge in [-0.3, -0.25) is 14.6 Å². The van der Waals surface area contributed by atoms with Crippen LogP contribution in [0.2, 0.25) is 0 Å². The molecular formula is C25H25FN4O2. The molecule has 2 aromatic heterocycles. The fourth-order valence-corrected chi connectivity index (χ4v) is 5.10. The number of aromatic nitrogens is 2. The van der Waals surface area contributed by atoms with Gasteiger partial charge in [-0.25, -0.2) is 9.45 Å². The molecule has 5 rings (SSSR count). The molecule has 1 saturated carbocycles. The maximum absolute atomic E-state index is 13.9. The highest BCUT2D eigenvalue weighted by molar-refractivity contribution is 5.79. The lowest BCUT2D eigenvalue weighted by atomic mass is 9.81. The van der Waals surface area contributed by atoms with Gasteiger partial charge in [0.15, 0.2) is 0 Å². The maximum Gasteiger partial charge on any atom is 0.249 e. The zero-order valence-corrected chi connectivity index (χ0v) is 17.8. The highest BCUT2D eigenvalue weighted by Crippen LogP contribution is 2.37. The molecule has 164 valence electrons. The number of pyridine rings is 1. The second-order valence-electron chi connectivity index (χ2n) is 8.81. The summed E-state index contributed by atoms with van der Waals surface area (Å²) < 4.78 is 16.2. The molecule has 1 aromatic carbocycles. The predicted molar refractivity (Wildman–Crippen MR) is 116 cm³/mol. The quantitative estimate of drug-likeness (QED) is 0.596. The van der Waals surface area contributed by atoms with Crippen LogP contribution in [0.3, 0.4) is 0 Å². The zero-order valence-electron chi connectivity index (χ0n) is 17.8. The van der Waals surface area contributed by atoms with E-state index in [0.29, 0.717) is 24.5 Å². The number of carbonyl (C=O) groups excluding carboxylic acids is 1. The van der Waals surface area contributed by atoms with Crippen LogP contribution >= 0.6 is 0 Å². The van der Waals surface area contributed by atoms with Crippen LogP contribution in [-0.2, 0) is 16.2 Å². The van der Waals surface area contributed by atoms with Crippen LogP contribution in [0, 0.1) is 29.0 Å². The Balaban J connectivity index is 1.23. The number of nitrogens with zero attached hydrogens (tertiary/aromatic N) is 4. The number of amides is 1. The van der Waals surface area contributed by atoms with Crippen LogP contribution in [-0.4, -0.2) is 27.1 Å². The standard InChI is InChI=1S/C25H25FN4O2/c26-22-12-18(14-27)11-21(13-22)23-7-10-32-30(23)25(31)20-3-1-17(2-4-20)16-29-9-6-19-5-8-28-15-24(19)29/h5-6,8-9,11-13,15,17,20,23H,1-4,7,10,16H2/t17-,20-,23-/m0/s1. The van der Waals surface area contributed by atoms with Crippen molar-refractivity contribution in [1.82, 2.24) is 14.6 Å². The second-order valence-corrected chi connectivity index (χ2v) is 8.81. The summed E-state index contributed by atoms with van der Waals surface area (Å²) in [6.45, 7) is 1.35. The van der Waals surface area contributed by atoms with Crippen molar-refractivity contribution in [3.63, 3.8) is 0 Å². The van der Waals surface area contributed by atoms with Crippen molar-refractivity contribution in [3.8, 4) is 6.07 Å². The lowest BCUT2D eigenvalue weighted by molar-refractivity contribution is -0.183. The molecule has 2 fully saturated rings. The van der Waals surface area contributed by atoms with Crippen LogP contribution in [0.25, 0.3) is 10.9 Å². The highest BCUT2D eigenvalue weighted by Gasteiger charge is 2.37. The topological polar surface area (TPSA) is 71.2 Å². The monoisotopic (exact) mass is 432 g/mol. The molecule has 1 amide bonds. The number of nitriles is 1. The van der Waals surface area contributed by atoms with Gasteiger partial charge in [-0.15, -0.1) is 0 Å². The van der Waals surface area contributed by atoms with E-state index in [-0.39, 0.29) is 23.4 Å². The van der Waals surface area contributed by atoms with Gasteiger partial charge in [0.2, 0.25) is 5.91 Å². The number of carbonyl (C=O) groups is 1. The third-order valence-corrected chi connectivity index (χ3v) is 6.78. The Bertz CT molecular complexity index is 1180. The van der Waals surface area contributed by atoms with Crippen LogP contribution in [0.15, 0.2) is 48.9 Å². The molecule has 1 aliphatic heterocycles. The maximum atomic E-state index is 13.9. The molecule has 0 spiro atoms. The Labute approximate surface area is 186 Å². The second kappa shape index (κ2) is 8.71. The highest BCUT2D eigenvalue weighted by atomic mass is 19.1. The van der Waals surface area contributed by atoms with Crippen molar-refractivity contribution in [1.29, 1.82) is 5.26 Å². The van der Waals surface area contributed by atoms with Gasteiger partial charge >= 0.3 is 0 Å². The summed E-state index contributed by atoms with van der Waals surface area (Å²) in [5, 5.41) is 11.8. The van der Waals surface area contributed by atoms with Gasteiger partial charge in [0, 0.05) is 36.7 Å². The minimum atomic E-state index is -0.466. The predicted octanol–water partition coefficient (Wildman–Crippen LogP) is 4.76. The van der Waals surface area contributed by atoms with Gasteiger partial charge in [0.1, 0.15) is 5.82 Å². The number of fused-ring (bicyclic) bond motifs is 1. The Morgan fingerprint density at radius 2 is 2.03 bits per heavy atom. The van der Waals surface area contributed by atoms with E-state index in [1.54, 1.807) is 6.07 Å². The van der Waals surface area contributed by atoms with E-state index in [1.165, 1.54) is 22.6 Å². The molecule has 2 aliphatic rings. The molecule has 1 atom stereocenters. The Kier molecular flexibility index (Phi) is 5.62. The van der Waals surface area contributed by atoms with E-state index < -0.39 is 5.82 Å². The smallest absolute Gasteiger partial charge is 0.249 e. The van der Waals surface area contributed by atoms with Gasteiger partial charge in [0.25, 0.3) is 0 Å². The van der Waals surface area contributed by atoms with Crippen LogP contribution in [0.1, 0.15) is 49.3 Å². The van der Waals surface area contributed by atoms with Gasteiger partial charge in [-0.1, -0.05) is 0 Å². The Morgan fingerprint density at radius 3 is 2.84 bits per heavy atom. The van der Waals surface area contributed by atoms with Crippen LogP contribution < -0.4 is 0 Å². The first-order valence-electron chi connectivity index (χ1n) is 11.2. The fourth-order valence-electron chi connectivity index (χ4n) is 5.10. The van der Waals surface area contributed by atoms with E-state index in [9.17, 15) is 9.18 Å². The van der Waals surface area contributed by atoms with Gasteiger partial charge < -0.3 is 4.57 Å². The van der Waals surface area contributed by atoms with Crippen molar-refractivity contribution in [2.45, 2.75) is 44.7 Å². The molecule has 7 heteroatoms. The molecule has 32 heavy (non-hydrogen) atoms. The molecule has 0 radical (unpaired) electrons. The van der Waals surface area contributed by atoms with Crippen molar-refractivity contribution in [3.05, 3.63) is 65.9 Å². The lowest BCUT2D eigenvalue weighted by Gasteiger charge is -2.32. The summed E-state index contributed by atoms with van der Waals surface area (Å²) in [6, 6.07) is 10.0. The number of hydroxylamine groups is 2. The van der Waals surface area contributed by atoms with E-state index >= 15 is 0 Å². The van der Waals surface area contributed by atoms with Gasteiger partial charge in [0.05, 0.1) is 36.0 Å². The SMILES string of the molecule is N#Cc1cc(F)cc([C@@H]2CCON2C(=O)[C@H]2CC[C@H](Cn3ccc4ccncc43)CC2)c1. The fraction of sp³-hybridized carbons (Fsp3) is 0.400. The molecule has 3 aromatic rings. The normalized spacial score (nSPS) is 23.4. The summed E-state index contributed by atoms with van der Waals surface area (Å²) in [5.41, 5.74) is 2.02. The number of rotatable bonds is 4. The molecule has 1 aliphatic carbocycles. The van der Waals surface area contributed by atoms with E-state index in [4.69, 9.17) is 10.1 Å². The molecular weight excluding hydrogens is 407 g/mol. The van der Waals surface area contributed by atoms with Gasteiger partial charge in [-0.05, 0) is 67.5 Å². The first kappa shape index (κ1) is 20.7. The van der Waals surface area contributed by atoms with Crippen molar-refractivity contribution in [2.24, 2.45) is 11.8 Å². The Morgan fingerprint density at radius 1 is 1.19 bits per heavy atom. The van der Waals surface area contributed by atoms with E-state index in [1.807, 2.05) is 24.5 Å². The van der Waals surface area contributed by atoms with Crippen molar-refractivity contribution < 1.29 is 14.0 Å². The molecule has 3 heterocycles. The number of hydrogen-bond donors (Lipinski definition) is 0. The van der Waals surface area contributed by atoms with Crippen LogP contribution in [0.5, 0.6) is 0 Å². The molecule has 6 nitrogen and oxygen atoms in total. The molecule has 0 N–H and O–H groups in total. The minimum Gasteiger partial charge on any atom is -0.346 e. The summed E-state index contributed by atoms with van der Waals surface area (Å²) in [7, 11) is 0. The number of hydrogen-bond acceptors (Lipinski definition) is 4. The molecule has 1 saturated heterocycles. The van der Waals surface area contributed by atoms with E-state index in [2.05, 4.69) is 21.8 Å². The first-order valence-corrected chi connectivity index (χ1v) is 11.2. The zero-order chi connectivity index (χ0) is 22.1. The van der Waals surface area contributed by atoms with Gasteiger partial charge in [-0.2, -0.15) is 5.26 Å². The molecule has 0 unspecified atom stereocenters. The Hall–Kier alpha value is -3.24. The summed E-state index contributed by atoms with van der Waals surface area (Å²) >= 11 is 0. The summed E-state index contributed by atoms with van der Waals surface area (Å²) in [6.07, 6.45) is 10.0. The minimum absolute atomic E-state index is 0.0238. The lowest BCUT2D eigenvalue weighted by Crippen LogP contribution is -2.37. The molecule has 0 bridgehead atoms. The first-order chi connectivity index (χ1) is 15.6. The van der Waals surface area contributed by atoms with Crippen molar-refractivity contribution in [2.75, 3.05) is 6.61 Å². The number of benzene rings is 1. The van der Waals surface area contributed by atoms with E-state index in [0.717, 1.165) is 37.7 Å². The third-order valence-electron chi connectivity index (χ3n) is 6.78. The summed E-state index contributed by atoms with van der Waals surface area (Å²) in [4.78, 5) is 23.2. The average Bonchev–Trinajstić information content (AvgIpc) is 3.46. The van der Waals surface area contributed by atoms with Crippen LogP contribution in [0.4, 0.5) is 4.39 Å². The largest absolute Gasteiger partial charge is 0.346 e. The third kappa shape index (κ3) is 3.98. The summed E-state index contributed by atoms with van der Waals surface area (Å²) in [5.74, 6) is -0.0543. The average molecular weight is 432 g/mol.